The SMILES string of the molecule is O=C(CC(F)(F)F)NCC1=CC(c2cc(Cl)c(Cl)c(Cl)c2)(C(F)(F)F)C2=C(N3CCOC3)C1(C(F)(F)F)O2. The van der Waals surface area contributed by atoms with Gasteiger partial charge in [0.25, 0.3) is 5.60 Å². The number of hydrogen-bond donors (Lipinski definition) is 1. The zero-order valence-electron chi connectivity index (χ0n) is 18.5. The van der Waals surface area contributed by atoms with Crippen LogP contribution in [0.4, 0.5) is 39.5 Å². The molecule has 1 aromatic carbocycles. The van der Waals surface area contributed by atoms with Gasteiger partial charge in [-0.05, 0) is 17.7 Å². The quantitative estimate of drug-likeness (QED) is 0.239. The van der Waals surface area contributed by atoms with Gasteiger partial charge < -0.3 is 19.7 Å². The molecule has 0 saturated carbocycles. The molecule has 1 saturated heterocycles. The minimum atomic E-state index is -5.39. The Labute approximate surface area is 223 Å². The van der Waals surface area contributed by atoms with Gasteiger partial charge in [0.15, 0.2) is 5.41 Å². The number of halogens is 12. The third-order valence-corrected chi connectivity index (χ3v) is 7.39. The summed E-state index contributed by atoms with van der Waals surface area (Å²) in [6.45, 7) is -2.25. The van der Waals surface area contributed by atoms with E-state index in [1.54, 1.807) is 5.32 Å². The van der Waals surface area contributed by atoms with Crippen LogP contribution in [0.25, 0.3) is 0 Å². The molecule has 1 aliphatic carbocycles. The maximum atomic E-state index is 15.0. The molecule has 4 aliphatic rings. The van der Waals surface area contributed by atoms with E-state index in [2.05, 4.69) is 0 Å². The van der Waals surface area contributed by atoms with Crippen LogP contribution in [0.5, 0.6) is 0 Å². The van der Waals surface area contributed by atoms with Gasteiger partial charge in [-0.15, -0.1) is 0 Å². The molecule has 0 aromatic heterocycles. The number of amides is 1. The Hall–Kier alpha value is -2.03. The predicted octanol–water partition coefficient (Wildman–Crippen LogP) is 6.29. The summed E-state index contributed by atoms with van der Waals surface area (Å²) in [5.41, 5.74) is -9.84. The van der Waals surface area contributed by atoms with E-state index in [-0.39, 0.29) is 24.3 Å². The summed E-state index contributed by atoms with van der Waals surface area (Å²) in [6, 6.07) is 1.49. The van der Waals surface area contributed by atoms with E-state index in [1.807, 2.05) is 0 Å². The summed E-state index contributed by atoms with van der Waals surface area (Å²) in [4.78, 5) is 12.7. The fourth-order valence-corrected chi connectivity index (χ4v) is 5.19. The van der Waals surface area contributed by atoms with Crippen molar-refractivity contribution in [1.82, 2.24) is 10.2 Å². The minimum Gasteiger partial charge on any atom is -0.467 e. The first-order chi connectivity index (χ1) is 17.3. The van der Waals surface area contributed by atoms with E-state index in [1.165, 1.54) is 0 Å². The molecule has 3 heterocycles. The number of ether oxygens (including phenoxy) is 2. The zero-order valence-corrected chi connectivity index (χ0v) is 20.7. The van der Waals surface area contributed by atoms with Gasteiger partial charge in [-0.3, -0.25) is 4.79 Å². The molecule has 17 heteroatoms. The first-order valence-electron chi connectivity index (χ1n) is 10.5. The van der Waals surface area contributed by atoms with Crippen molar-refractivity contribution < 1.29 is 53.8 Å². The van der Waals surface area contributed by atoms with Crippen LogP contribution in [0, 0.1) is 0 Å². The highest BCUT2D eigenvalue weighted by molar-refractivity contribution is 6.48. The maximum Gasteiger partial charge on any atom is 0.438 e. The average Bonchev–Trinajstić information content (AvgIpc) is 3.25. The van der Waals surface area contributed by atoms with Crippen LogP contribution in [-0.4, -0.2) is 61.4 Å². The highest BCUT2D eigenvalue weighted by atomic mass is 35.5. The number of hydrogen-bond acceptors (Lipinski definition) is 4. The van der Waals surface area contributed by atoms with Crippen LogP contribution in [0.3, 0.4) is 0 Å². The second-order valence-electron chi connectivity index (χ2n) is 8.56. The van der Waals surface area contributed by atoms with Crippen molar-refractivity contribution >= 4 is 40.7 Å². The number of benzene rings is 1. The lowest BCUT2D eigenvalue weighted by Gasteiger charge is -2.58. The molecule has 2 bridgehead atoms. The molecule has 1 amide bonds. The second-order valence-corrected chi connectivity index (χ2v) is 9.75. The molecule has 1 N–H and O–H groups in total. The highest BCUT2D eigenvalue weighted by Gasteiger charge is 2.78. The number of fused-ring (bicyclic) bond motifs is 1. The summed E-state index contributed by atoms with van der Waals surface area (Å²) in [5.74, 6) is -2.90. The maximum absolute atomic E-state index is 15.0. The third-order valence-electron chi connectivity index (χ3n) is 6.20. The van der Waals surface area contributed by atoms with Gasteiger partial charge in [-0.2, -0.15) is 39.5 Å². The first-order valence-corrected chi connectivity index (χ1v) is 11.6. The zero-order chi connectivity index (χ0) is 28.5. The Bertz CT molecular complexity index is 1200. The average molecular weight is 620 g/mol. The van der Waals surface area contributed by atoms with Gasteiger partial charge >= 0.3 is 18.5 Å². The highest BCUT2D eigenvalue weighted by Crippen LogP contribution is 2.66. The molecule has 210 valence electrons. The molecule has 2 unspecified atom stereocenters. The summed E-state index contributed by atoms with van der Waals surface area (Å²) in [7, 11) is 0. The first kappa shape index (κ1) is 29.0. The Morgan fingerprint density at radius 2 is 1.61 bits per heavy atom. The number of carbonyl (C=O) groups is 1. The van der Waals surface area contributed by atoms with Crippen molar-refractivity contribution in [2.24, 2.45) is 0 Å². The number of alkyl halides is 9. The molecular weight excluding hydrogens is 606 g/mol. The van der Waals surface area contributed by atoms with E-state index in [0.29, 0.717) is 0 Å². The number of allylic oxidation sites excluding steroid dienone is 1. The Morgan fingerprint density at radius 3 is 2.08 bits per heavy atom. The molecule has 0 radical (unpaired) electrons. The number of nitrogens with zero attached hydrogens (tertiary/aromatic N) is 1. The van der Waals surface area contributed by atoms with Crippen LogP contribution < -0.4 is 5.32 Å². The molecule has 3 aliphatic heterocycles. The van der Waals surface area contributed by atoms with Crippen molar-refractivity contribution in [1.29, 1.82) is 0 Å². The normalized spacial score (nSPS) is 25.7. The van der Waals surface area contributed by atoms with E-state index >= 15 is 0 Å². The fourth-order valence-electron chi connectivity index (χ4n) is 4.59. The van der Waals surface area contributed by atoms with Gasteiger partial charge in [0.05, 0.1) is 21.7 Å². The number of rotatable bonds is 5. The smallest absolute Gasteiger partial charge is 0.438 e. The van der Waals surface area contributed by atoms with Crippen LogP contribution >= 0.6 is 34.8 Å². The Balaban J connectivity index is 1.97. The molecule has 38 heavy (non-hydrogen) atoms. The van der Waals surface area contributed by atoms with Gasteiger partial charge in [0.1, 0.15) is 24.6 Å². The van der Waals surface area contributed by atoms with Crippen LogP contribution in [0.1, 0.15) is 12.0 Å². The van der Waals surface area contributed by atoms with E-state index in [0.717, 1.165) is 17.0 Å². The fraction of sp³-hybridized carbons (Fsp3) is 0.476. The van der Waals surface area contributed by atoms with E-state index in [9.17, 15) is 44.3 Å². The summed E-state index contributed by atoms with van der Waals surface area (Å²) in [6.07, 6.45) is -17.7. The summed E-state index contributed by atoms with van der Waals surface area (Å²) >= 11 is 17.7. The van der Waals surface area contributed by atoms with E-state index < -0.39 is 87.8 Å². The molecule has 1 aromatic rings. The van der Waals surface area contributed by atoms with Crippen LogP contribution in [0.2, 0.25) is 15.1 Å². The van der Waals surface area contributed by atoms with Gasteiger partial charge in [0, 0.05) is 18.7 Å². The lowest BCUT2D eigenvalue weighted by molar-refractivity contribution is -0.285. The third kappa shape index (κ3) is 4.46. The summed E-state index contributed by atoms with van der Waals surface area (Å²) < 4.78 is 136. The standard InChI is InChI=1S/C21H14Cl3F9N2O3/c22-11-3-9(4-12(23)14(11)24)17(20(28,29)30)5-10(7-34-13(36)6-18(25,26)27)19(21(31,32)33)15(16(17)38-19)35-1-2-37-8-35/h3-5H,1-2,6-8H2,(H,34,36). The number of carbonyl (C=O) groups excluding carboxylic acids is 1. The summed E-state index contributed by atoms with van der Waals surface area (Å²) in [5, 5.41) is 0.393. The van der Waals surface area contributed by atoms with Crippen LogP contribution in [0.15, 0.2) is 35.2 Å². The second kappa shape index (κ2) is 9.27. The molecule has 2 atom stereocenters. The van der Waals surface area contributed by atoms with E-state index in [4.69, 9.17) is 44.3 Å². The van der Waals surface area contributed by atoms with Gasteiger partial charge in [0.2, 0.25) is 5.91 Å². The molecule has 0 spiro atoms. The minimum absolute atomic E-state index is 0.121. The largest absolute Gasteiger partial charge is 0.467 e. The van der Waals surface area contributed by atoms with Gasteiger partial charge in [-0.25, -0.2) is 0 Å². The molecule has 5 rings (SSSR count). The van der Waals surface area contributed by atoms with Crippen molar-refractivity contribution in [2.45, 2.75) is 36.0 Å². The lowest BCUT2D eigenvalue weighted by atomic mass is 9.63. The van der Waals surface area contributed by atoms with Crippen molar-refractivity contribution in [2.75, 3.05) is 26.4 Å². The van der Waals surface area contributed by atoms with Gasteiger partial charge in [-0.1, -0.05) is 40.9 Å². The Morgan fingerprint density at radius 1 is 1.00 bits per heavy atom. The Kier molecular flexibility index (Phi) is 7.07. The monoisotopic (exact) mass is 618 g/mol. The molecule has 1 fully saturated rings. The topological polar surface area (TPSA) is 50.8 Å². The van der Waals surface area contributed by atoms with Crippen molar-refractivity contribution in [3.63, 3.8) is 0 Å². The van der Waals surface area contributed by atoms with Crippen molar-refractivity contribution in [3.05, 3.63) is 55.9 Å². The lowest BCUT2D eigenvalue weighted by Crippen LogP contribution is -2.69. The predicted molar refractivity (Wildman–Crippen MR) is 115 cm³/mol. The van der Waals surface area contributed by atoms with Crippen LogP contribution in [-0.2, 0) is 19.7 Å². The molecule has 5 nitrogen and oxygen atoms in total. The van der Waals surface area contributed by atoms with Crippen molar-refractivity contribution in [3.8, 4) is 0 Å². The number of nitrogens with one attached hydrogen (secondary N) is 1. The molecular formula is C21H14Cl3F9N2O3.